The third-order valence-corrected chi connectivity index (χ3v) is 3.60. The molecular weight excluding hydrogens is 415 g/mol. The summed E-state index contributed by atoms with van der Waals surface area (Å²) in [6, 6.07) is 6.15. The quantitative estimate of drug-likeness (QED) is 0.299. The number of hydrogen-bond acceptors (Lipinski definition) is 3. The van der Waals surface area contributed by atoms with Crippen LogP contribution in [0, 0.1) is 13.8 Å². The molecule has 0 spiro atoms. The lowest BCUT2D eigenvalue weighted by atomic mass is 10.2. The van der Waals surface area contributed by atoms with Gasteiger partial charge in [0.25, 0.3) is 0 Å². The van der Waals surface area contributed by atoms with Gasteiger partial charge in [0.2, 0.25) is 0 Å². The van der Waals surface area contributed by atoms with Gasteiger partial charge >= 0.3 is 0 Å². The Hall–Kier alpha value is -1.64. The third kappa shape index (κ3) is 6.86. The molecule has 7 heteroatoms. The van der Waals surface area contributed by atoms with E-state index in [1.165, 1.54) is 11.3 Å². The van der Waals surface area contributed by atoms with Gasteiger partial charge in [0.15, 0.2) is 5.96 Å². The van der Waals surface area contributed by atoms with E-state index in [-0.39, 0.29) is 24.0 Å². The molecule has 2 rings (SSSR count). The standard InChI is InChI=1S/C17H26N6.HI/c1-14-12-15(2)23(22-14)11-5-9-20-17(18-3)21-10-7-16-6-4-8-19-13-16;/h4,6,8,12-13H,5,7,9-11H2,1-3H3,(H2,18,20,21);1H. The van der Waals surface area contributed by atoms with Crippen LogP contribution in [0.5, 0.6) is 0 Å². The Balaban J connectivity index is 0.00000288. The molecule has 2 N–H and O–H groups in total. The molecule has 0 aliphatic carbocycles. The van der Waals surface area contributed by atoms with Crippen molar-refractivity contribution in [2.45, 2.75) is 33.2 Å². The van der Waals surface area contributed by atoms with E-state index in [1.54, 1.807) is 13.2 Å². The van der Waals surface area contributed by atoms with Crippen LogP contribution in [0.2, 0.25) is 0 Å². The van der Waals surface area contributed by atoms with Crippen LogP contribution in [-0.4, -0.2) is 40.9 Å². The minimum absolute atomic E-state index is 0. The van der Waals surface area contributed by atoms with Crippen molar-refractivity contribution in [1.82, 2.24) is 25.4 Å². The second-order valence-electron chi connectivity index (χ2n) is 5.54. The highest BCUT2D eigenvalue weighted by molar-refractivity contribution is 14.0. The van der Waals surface area contributed by atoms with E-state index in [0.29, 0.717) is 0 Å². The Morgan fingerprint density at radius 1 is 1.25 bits per heavy atom. The summed E-state index contributed by atoms with van der Waals surface area (Å²) < 4.78 is 2.05. The summed E-state index contributed by atoms with van der Waals surface area (Å²) in [6.45, 7) is 6.73. The molecule has 0 radical (unpaired) electrons. The van der Waals surface area contributed by atoms with Gasteiger partial charge in [-0.2, -0.15) is 5.10 Å². The summed E-state index contributed by atoms with van der Waals surface area (Å²) in [5.41, 5.74) is 3.50. The third-order valence-electron chi connectivity index (χ3n) is 3.60. The van der Waals surface area contributed by atoms with Crippen molar-refractivity contribution in [3.05, 3.63) is 47.5 Å². The van der Waals surface area contributed by atoms with Crippen molar-refractivity contribution in [1.29, 1.82) is 0 Å². The molecule has 0 saturated carbocycles. The van der Waals surface area contributed by atoms with Crippen molar-refractivity contribution < 1.29 is 0 Å². The van der Waals surface area contributed by atoms with E-state index < -0.39 is 0 Å². The first-order valence-corrected chi connectivity index (χ1v) is 8.03. The Morgan fingerprint density at radius 3 is 2.67 bits per heavy atom. The largest absolute Gasteiger partial charge is 0.356 e. The average molecular weight is 442 g/mol. The van der Waals surface area contributed by atoms with Gasteiger partial charge in [-0.25, -0.2) is 0 Å². The minimum atomic E-state index is 0. The highest BCUT2D eigenvalue weighted by Crippen LogP contribution is 2.02. The first kappa shape index (κ1) is 20.4. The van der Waals surface area contributed by atoms with E-state index in [2.05, 4.69) is 49.4 Å². The first-order chi connectivity index (χ1) is 11.2. The van der Waals surface area contributed by atoms with Crippen LogP contribution in [0.15, 0.2) is 35.6 Å². The molecule has 0 unspecified atom stereocenters. The smallest absolute Gasteiger partial charge is 0.190 e. The fraction of sp³-hybridized carbons (Fsp3) is 0.471. The molecule has 0 aromatic carbocycles. The van der Waals surface area contributed by atoms with Crippen LogP contribution in [0.1, 0.15) is 23.4 Å². The number of nitrogens with zero attached hydrogens (tertiary/aromatic N) is 4. The van der Waals surface area contributed by atoms with Crippen molar-refractivity contribution >= 4 is 29.9 Å². The molecule has 132 valence electrons. The van der Waals surface area contributed by atoms with Crippen LogP contribution in [0.3, 0.4) is 0 Å². The number of aromatic nitrogens is 3. The number of halogens is 1. The summed E-state index contributed by atoms with van der Waals surface area (Å²) in [4.78, 5) is 8.36. The second-order valence-corrected chi connectivity index (χ2v) is 5.54. The maximum Gasteiger partial charge on any atom is 0.190 e. The molecule has 0 fully saturated rings. The van der Waals surface area contributed by atoms with Gasteiger partial charge in [0.1, 0.15) is 0 Å². The Bertz CT molecular complexity index is 623. The van der Waals surface area contributed by atoms with Crippen LogP contribution in [0.25, 0.3) is 0 Å². The summed E-state index contributed by atoms with van der Waals surface area (Å²) in [5, 5.41) is 11.1. The molecule has 0 aliphatic heterocycles. The second kappa shape index (κ2) is 11.0. The predicted octanol–water partition coefficient (Wildman–Crippen LogP) is 2.31. The predicted molar refractivity (Wildman–Crippen MR) is 109 cm³/mol. The van der Waals surface area contributed by atoms with Crippen LogP contribution in [0.4, 0.5) is 0 Å². The highest BCUT2D eigenvalue weighted by Gasteiger charge is 2.01. The molecule has 0 amide bonds. The van der Waals surface area contributed by atoms with Crippen molar-refractivity contribution in [2.24, 2.45) is 4.99 Å². The van der Waals surface area contributed by atoms with E-state index in [0.717, 1.165) is 44.1 Å². The first-order valence-electron chi connectivity index (χ1n) is 8.03. The maximum atomic E-state index is 4.47. The number of pyridine rings is 1. The molecule has 0 saturated heterocycles. The van der Waals surface area contributed by atoms with Gasteiger partial charge < -0.3 is 10.6 Å². The molecule has 0 atom stereocenters. The summed E-state index contributed by atoms with van der Waals surface area (Å²) >= 11 is 0. The van der Waals surface area contributed by atoms with Gasteiger partial charge in [-0.05, 0) is 44.4 Å². The Kier molecular flexibility index (Phi) is 9.36. The minimum Gasteiger partial charge on any atom is -0.356 e. The van der Waals surface area contributed by atoms with Crippen molar-refractivity contribution in [2.75, 3.05) is 20.1 Å². The van der Waals surface area contributed by atoms with E-state index in [1.807, 2.05) is 19.2 Å². The van der Waals surface area contributed by atoms with Crippen LogP contribution in [-0.2, 0) is 13.0 Å². The topological polar surface area (TPSA) is 67.1 Å². The normalized spacial score (nSPS) is 11.0. The number of nitrogens with one attached hydrogen (secondary N) is 2. The molecule has 2 heterocycles. The summed E-state index contributed by atoms with van der Waals surface area (Å²) in [6.07, 6.45) is 5.62. The number of rotatable bonds is 7. The molecule has 24 heavy (non-hydrogen) atoms. The molecule has 6 nitrogen and oxygen atoms in total. The number of aliphatic imine (C=N–C) groups is 1. The SMILES string of the molecule is CN=C(NCCCn1nc(C)cc1C)NCCc1cccnc1.I. The number of hydrogen-bond donors (Lipinski definition) is 2. The van der Waals surface area contributed by atoms with E-state index >= 15 is 0 Å². The fourth-order valence-electron chi connectivity index (χ4n) is 2.43. The summed E-state index contributed by atoms with van der Waals surface area (Å²) in [5.74, 6) is 0.835. The van der Waals surface area contributed by atoms with Crippen molar-refractivity contribution in [3.8, 4) is 0 Å². The van der Waals surface area contributed by atoms with Crippen LogP contribution < -0.4 is 10.6 Å². The highest BCUT2D eigenvalue weighted by atomic mass is 127. The molecular formula is C17H27IN6. The van der Waals surface area contributed by atoms with Gasteiger partial charge in [0, 0.05) is 44.8 Å². The number of aryl methyl sites for hydroxylation is 3. The number of guanidine groups is 1. The Morgan fingerprint density at radius 2 is 2.04 bits per heavy atom. The van der Waals surface area contributed by atoms with Crippen molar-refractivity contribution in [3.63, 3.8) is 0 Å². The lowest BCUT2D eigenvalue weighted by Crippen LogP contribution is -2.39. The molecule has 0 aliphatic rings. The van der Waals surface area contributed by atoms with Gasteiger partial charge in [0.05, 0.1) is 5.69 Å². The fourth-order valence-corrected chi connectivity index (χ4v) is 2.43. The molecule has 2 aromatic rings. The Labute approximate surface area is 161 Å². The maximum absolute atomic E-state index is 4.47. The lowest BCUT2D eigenvalue weighted by molar-refractivity contribution is 0.555. The monoisotopic (exact) mass is 442 g/mol. The van der Waals surface area contributed by atoms with Gasteiger partial charge in [-0.3, -0.25) is 14.7 Å². The van der Waals surface area contributed by atoms with Gasteiger partial charge in [-0.15, -0.1) is 24.0 Å². The average Bonchev–Trinajstić information content (AvgIpc) is 2.88. The van der Waals surface area contributed by atoms with Gasteiger partial charge in [-0.1, -0.05) is 6.07 Å². The summed E-state index contributed by atoms with van der Waals surface area (Å²) in [7, 11) is 1.79. The lowest BCUT2D eigenvalue weighted by Gasteiger charge is -2.12. The molecule has 2 aromatic heterocycles. The zero-order valence-electron chi connectivity index (χ0n) is 14.6. The van der Waals surface area contributed by atoms with E-state index in [9.17, 15) is 0 Å². The zero-order chi connectivity index (χ0) is 16.5. The van der Waals surface area contributed by atoms with Crippen LogP contribution >= 0.6 is 24.0 Å². The molecule has 0 bridgehead atoms. The van der Waals surface area contributed by atoms with E-state index in [4.69, 9.17) is 0 Å². The zero-order valence-corrected chi connectivity index (χ0v) is 16.9.